The lowest BCUT2D eigenvalue weighted by molar-refractivity contribution is -0.133. The molecule has 18 heavy (non-hydrogen) atoms. The maximum atomic E-state index is 9.60. The lowest BCUT2D eigenvalue weighted by atomic mass is 10.4. The van der Waals surface area contributed by atoms with Gasteiger partial charge in [0, 0.05) is 11.1 Å². The fraction of sp³-hybridized carbons (Fsp3) is 0.400. The Morgan fingerprint density at radius 1 is 0.833 bits per heavy atom. The molecule has 0 aliphatic carbocycles. The van der Waals surface area contributed by atoms with Crippen LogP contribution in [0.3, 0.4) is 0 Å². The fourth-order valence-corrected chi connectivity index (χ4v) is 0. The zero-order valence-electron chi connectivity index (χ0n) is 10.8. The molecule has 0 aliphatic rings. The predicted molar refractivity (Wildman–Crippen MR) is 69.1 cm³/mol. The van der Waals surface area contributed by atoms with E-state index in [0.29, 0.717) is 0 Å². The average Bonchev–Trinajstić information content (AvgIpc) is 2.18. The summed E-state index contributed by atoms with van der Waals surface area (Å²) in [6.07, 6.45) is 0. The molecule has 110 valence electrons. The molecular weight excluding hydrogens is 244 g/mol. The van der Waals surface area contributed by atoms with Crippen LogP contribution in [0.4, 0.5) is 0 Å². The van der Waals surface area contributed by atoms with Gasteiger partial charge in [0.15, 0.2) is 0 Å². The molecule has 0 unspecified atom stereocenters. The SMILES string of the molecule is C=C(C)C(=O)O.C=C(C)C(=O)O.N.N.OCCO. The largest absolute Gasteiger partial charge is 0.478 e. The van der Waals surface area contributed by atoms with E-state index < -0.39 is 11.9 Å². The zero-order chi connectivity index (χ0) is 13.7. The average molecular weight is 268 g/mol. The minimum Gasteiger partial charge on any atom is -0.478 e. The van der Waals surface area contributed by atoms with Crippen molar-refractivity contribution in [1.82, 2.24) is 12.3 Å². The molecule has 8 heteroatoms. The van der Waals surface area contributed by atoms with Gasteiger partial charge in [-0.3, -0.25) is 0 Å². The molecule has 8 nitrogen and oxygen atoms in total. The van der Waals surface area contributed by atoms with Crippen LogP contribution in [-0.2, 0) is 9.59 Å². The van der Waals surface area contributed by atoms with Crippen LogP contribution in [0.2, 0.25) is 0 Å². The summed E-state index contributed by atoms with van der Waals surface area (Å²) in [6.45, 7) is 8.95. The van der Waals surface area contributed by atoms with Gasteiger partial charge >= 0.3 is 11.9 Å². The summed E-state index contributed by atoms with van der Waals surface area (Å²) in [5.74, 6) is -1.87. The first-order valence-corrected chi connectivity index (χ1v) is 4.20. The van der Waals surface area contributed by atoms with Crippen LogP contribution in [0.15, 0.2) is 24.3 Å². The van der Waals surface area contributed by atoms with Crippen molar-refractivity contribution in [1.29, 1.82) is 0 Å². The summed E-state index contributed by atoms with van der Waals surface area (Å²) < 4.78 is 0. The van der Waals surface area contributed by atoms with Gasteiger partial charge in [-0.2, -0.15) is 0 Å². The quantitative estimate of drug-likeness (QED) is 0.401. The first kappa shape index (κ1) is 29.9. The maximum absolute atomic E-state index is 9.60. The minimum atomic E-state index is -0.935. The molecule has 0 saturated carbocycles. The van der Waals surface area contributed by atoms with Gasteiger partial charge in [0.25, 0.3) is 0 Å². The van der Waals surface area contributed by atoms with Gasteiger partial charge in [0.1, 0.15) is 0 Å². The molecule has 0 radical (unpaired) electrons. The second-order valence-electron chi connectivity index (χ2n) is 2.62. The first-order chi connectivity index (χ1) is 7.20. The maximum Gasteiger partial charge on any atom is 0.330 e. The number of aliphatic hydroxyl groups excluding tert-OH is 2. The number of aliphatic carboxylic acids is 2. The van der Waals surface area contributed by atoms with Crippen molar-refractivity contribution < 1.29 is 30.0 Å². The summed E-state index contributed by atoms with van der Waals surface area (Å²) in [7, 11) is 0. The molecule has 10 N–H and O–H groups in total. The monoisotopic (exact) mass is 268 g/mol. The van der Waals surface area contributed by atoms with Gasteiger partial charge in [0.05, 0.1) is 13.2 Å². The van der Waals surface area contributed by atoms with E-state index in [1.165, 1.54) is 13.8 Å². The highest BCUT2D eigenvalue weighted by Crippen LogP contribution is 1.81. The highest BCUT2D eigenvalue weighted by molar-refractivity contribution is 5.85. The molecule has 0 heterocycles. The summed E-state index contributed by atoms with van der Waals surface area (Å²) >= 11 is 0. The van der Waals surface area contributed by atoms with Crippen LogP contribution in [0.1, 0.15) is 13.8 Å². The lowest BCUT2D eigenvalue weighted by Gasteiger charge is -1.79. The molecule has 0 bridgehead atoms. The normalized spacial score (nSPS) is 6.67. The number of hydrogen-bond donors (Lipinski definition) is 6. The van der Waals surface area contributed by atoms with Crippen molar-refractivity contribution in [2.75, 3.05) is 13.2 Å². The van der Waals surface area contributed by atoms with E-state index in [-0.39, 0.29) is 36.7 Å². The van der Waals surface area contributed by atoms with E-state index in [1.54, 1.807) is 0 Å². The minimum absolute atomic E-state index is 0. The van der Waals surface area contributed by atoms with Crippen molar-refractivity contribution in [3.05, 3.63) is 24.3 Å². The highest BCUT2D eigenvalue weighted by atomic mass is 16.4. The lowest BCUT2D eigenvalue weighted by Crippen LogP contribution is -1.92. The third kappa shape index (κ3) is 47.6. The number of carboxylic acid groups (broad SMARTS) is 2. The number of rotatable bonds is 3. The van der Waals surface area contributed by atoms with Gasteiger partial charge in [-0.05, 0) is 13.8 Å². The smallest absolute Gasteiger partial charge is 0.330 e. The third-order valence-electron chi connectivity index (χ3n) is 0.830. The Kier molecular flexibility index (Phi) is 34.3. The third-order valence-corrected chi connectivity index (χ3v) is 0.830. The molecule has 0 saturated heterocycles. The molecule has 0 spiro atoms. The van der Waals surface area contributed by atoms with Gasteiger partial charge < -0.3 is 32.7 Å². The Balaban J connectivity index is -0.0000000454. The summed E-state index contributed by atoms with van der Waals surface area (Å²) in [6, 6.07) is 0. The Morgan fingerprint density at radius 2 is 0.944 bits per heavy atom. The Labute approximate surface area is 106 Å². The van der Waals surface area contributed by atoms with E-state index in [4.69, 9.17) is 20.4 Å². The number of hydrogen-bond acceptors (Lipinski definition) is 6. The first-order valence-electron chi connectivity index (χ1n) is 4.20. The summed E-state index contributed by atoms with van der Waals surface area (Å²) in [4.78, 5) is 19.2. The second-order valence-corrected chi connectivity index (χ2v) is 2.62. The van der Waals surface area contributed by atoms with Crippen molar-refractivity contribution in [3.63, 3.8) is 0 Å². The number of aliphatic hydroxyl groups is 2. The van der Waals surface area contributed by atoms with Crippen LogP contribution >= 0.6 is 0 Å². The van der Waals surface area contributed by atoms with E-state index >= 15 is 0 Å². The molecule has 0 aromatic heterocycles. The molecule has 0 rings (SSSR count). The topological polar surface area (TPSA) is 185 Å². The van der Waals surface area contributed by atoms with Crippen molar-refractivity contribution in [2.45, 2.75) is 13.8 Å². The van der Waals surface area contributed by atoms with Crippen LogP contribution in [0.5, 0.6) is 0 Å². The standard InChI is InChI=1S/2C4H6O2.C2H6O2.2H3N/c2*1-3(2)4(5)6;3-1-2-4;;/h2*1H2,2H3,(H,5,6);3-4H,1-2H2;2*1H3. The predicted octanol–water partition coefficient (Wildman–Crippen LogP) is 0.589. The summed E-state index contributed by atoms with van der Waals surface area (Å²) in [5, 5.41) is 31.0. The molecule has 0 atom stereocenters. The van der Waals surface area contributed by atoms with Crippen molar-refractivity contribution in [3.8, 4) is 0 Å². The van der Waals surface area contributed by atoms with E-state index in [0.717, 1.165) is 0 Å². The van der Waals surface area contributed by atoms with E-state index in [1.807, 2.05) is 0 Å². The molecule has 0 aliphatic heterocycles. The second kappa shape index (κ2) is 20.6. The van der Waals surface area contributed by atoms with Crippen LogP contribution in [0.25, 0.3) is 0 Å². The highest BCUT2D eigenvalue weighted by Gasteiger charge is 1.90. The van der Waals surface area contributed by atoms with Gasteiger partial charge in [-0.15, -0.1) is 0 Å². The number of carboxylic acids is 2. The molecule has 0 amide bonds. The molecule has 0 aromatic rings. The van der Waals surface area contributed by atoms with Gasteiger partial charge in [-0.25, -0.2) is 9.59 Å². The number of carbonyl (C=O) groups is 2. The van der Waals surface area contributed by atoms with Crippen molar-refractivity contribution in [2.24, 2.45) is 0 Å². The van der Waals surface area contributed by atoms with Gasteiger partial charge in [0.2, 0.25) is 0 Å². The Bertz CT molecular complexity index is 203. The molecule has 0 aromatic carbocycles. The van der Waals surface area contributed by atoms with E-state index in [2.05, 4.69) is 13.2 Å². The molecule has 0 fully saturated rings. The van der Waals surface area contributed by atoms with Gasteiger partial charge in [-0.1, -0.05) is 13.2 Å². The van der Waals surface area contributed by atoms with Crippen LogP contribution in [-0.4, -0.2) is 45.6 Å². The van der Waals surface area contributed by atoms with Crippen molar-refractivity contribution >= 4 is 11.9 Å². The Morgan fingerprint density at radius 3 is 0.944 bits per heavy atom. The fourth-order valence-electron chi connectivity index (χ4n) is 0. The Hall–Kier alpha value is -1.74. The zero-order valence-corrected chi connectivity index (χ0v) is 10.8. The van der Waals surface area contributed by atoms with Crippen LogP contribution < -0.4 is 12.3 Å². The van der Waals surface area contributed by atoms with E-state index in [9.17, 15) is 9.59 Å². The summed E-state index contributed by atoms with van der Waals surface area (Å²) in [5.41, 5.74) is 0.352. The van der Waals surface area contributed by atoms with Crippen LogP contribution in [0, 0.1) is 0 Å². The molecular formula is C10H24N2O6.